The van der Waals surface area contributed by atoms with Crippen molar-refractivity contribution in [2.75, 3.05) is 5.75 Å². The molecule has 0 heterocycles. The van der Waals surface area contributed by atoms with Gasteiger partial charge in [-0.25, -0.2) is 0 Å². The molecule has 0 aliphatic heterocycles. The fourth-order valence-corrected chi connectivity index (χ4v) is 3.30. The molecule has 14 heavy (non-hydrogen) atoms. The molecule has 1 aliphatic rings. The van der Waals surface area contributed by atoms with E-state index in [1.807, 2.05) is 0 Å². The van der Waals surface area contributed by atoms with Crippen LogP contribution in [0.1, 0.15) is 32.1 Å². The highest BCUT2D eigenvalue weighted by Gasteiger charge is 2.37. The molecule has 0 aromatic rings. The number of rotatable bonds is 3. The molecule has 0 radical (unpaired) electrons. The Morgan fingerprint density at radius 1 is 1.21 bits per heavy atom. The summed E-state index contributed by atoms with van der Waals surface area (Å²) < 4.78 is 36.4. The summed E-state index contributed by atoms with van der Waals surface area (Å²) in [6, 6.07) is 0. The van der Waals surface area contributed by atoms with Crippen molar-refractivity contribution in [1.29, 1.82) is 0 Å². The van der Waals surface area contributed by atoms with E-state index < -0.39 is 11.0 Å². The van der Waals surface area contributed by atoms with Gasteiger partial charge in [0.2, 0.25) is 0 Å². The van der Waals surface area contributed by atoms with Gasteiger partial charge in [-0.15, -0.1) is 0 Å². The predicted octanol–water partition coefficient (Wildman–Crippen LogP) is 4.38. The largest absolute Gasteiger partial charge is 0.402 e. The first kappa shape index (κ1) is 12.7. The van der Waals surface area contributed by atoms with Crippen molar-refractivity contribution in [1.82, 2.24) is 0 Å². The van der Waals surface area contributed by atoms with Crippen LogP contribution in [0.2, 0.25) is 0 Å². The summed E-state index contributed by atoms with van der Waals surface area (Å²) in [6.45, 7) is 0. The van der Waals surface area contributed by atoms with Gasteiger partial charge in [0, 0.05) is 11.0 Å². The number of hydrogen-bond donors (Lipinski definition) is 0. The zero-order valence-electron chi connectivity index (χ0n) is 7.82. The third kappa shape index (κ3) is 4.43. The molecule has 0 amide bonds. The van der Waals surface area contributed by atoms with Crippen LogP contribution in [0, 0.1) is 0 Å². The first-order chi connectivity index (χ1) is 6.50. The van der Waals surface area contributed by atoms with Crippen LogP contribution in [0.15, 0.2) is 0 Å². The third-order valence-electron chi connectivity index (χ3n) is 2.39. The van der Waals surface area contributed by atoms with Crippen LogP contribution >= 0.6 is 27.7 Å². The fraction of sp³-hybridized carbons (Fsp3) is 1.00. The SMILES string of the molecule is FC(F)(F)C(Br)CSC1CCCCC1. The molecule has 84 valence electrons. The molecule has 0 aromatic heterocycles. The lowest BCUT2D eigenvalue weighted by Crippen LogP contribution is -2.26. The van der Waals surface area contributed by atoms with Crippen molar-refractivity contribution < 1.29 is 13.2 Å². The molecule has 0 spiro atoms. The van der Waals surface area contributed by atoms with E-state index >= 15 is 0 Å². The van der Waals surface area contributed by atoms with Crippen LogP contribution in [0.5, 0.6) is 0 Å². The second-order valence-corrected chi connectivity index (χ2v) is 6.04. The predicted molar refractivity (Wildman–Crippen MR) is 58.1 cm³/mol. The normalized spacial score (nSPS) is 22.3. The number of halogens is 4. The lowest BCUT2D eigenvalue weighted by atomic mass is 10.0. The highest BCUT2D eigenvalue weighted by Crippen LogP contribution is 2.34. The van der Waals surface area contributed by atoms with Crippen LogP contribution < -0.4 is 0 Å². The van der Waals surface area contributed by atoms with Crippen LogP contribution in [-0.2, 0) is 0 Å². The van der Waals surface area contributed by atoms with Crippen molar-refractivity contribution in [3.05, 3.63) is 0 Å². The molecule has 1 aliphatic carbocycles. The van der Waals surface area contributed by atoms with E-state index in [1.165, 1.54) is 31.0 Å². The molecule has 1 atom stereocenters. The molecule has 1 rings (SSSR count). The van der Waals surface area contributed by atoms with Crippen molar-refractivity contribution in [2.45, 2.75) is 48.4 Å². The van der Waals surface area contributed by atoms with Gasteiger partial charge in [0.05, 0.1) is 0 Å². The summed E-state index contributed by atoms with van der Waals surface area (Å²) >= 11 is 4.14. The first-order valence-electron chi connectivity index (χ1n) is 4.82. The Hall–Kier alpha value is 0.620. The molecule has 0 saturated heterocycles. The van der Waals surface area contributed by atoms with Gasteiger partial charge in [-0.05, 0) is 12.8 Å². The van der Waals surface area contributed by atoms with E-state index in [4.69, 9.17) is 0 Å². The lowest BCUT2D eigenvalue weighted by molar-refractivity contribution is -0.122. The van der Waals surface area contributed by atoms with Gasteiger partial charge >= 0.3 is 6.18 Å². The molecule has 5 heteroatoms. The zero-order valence-corrected chi connectivity index (χ0v) is 10.2. The summed E-state index contributed by atoms with van der Waals surface area (Å²) in [6.07, 6.45) is 1.67. The van der Waals surface area contributed by atoms with Crippen LogP contribution in [0.4, 0.5) is 13.2 Å². The van der Waals surface area contributed by atoms with Gasteiger partial charge in [-0.2, -0.15) is 24.9 Å². The smallest absolute Gasteiger partial charge is 0.170 e. The van der Waals surface area contributed by atoms with Crippen LogP contribution in [-0.4, -0.2) is 22.0 Å². The highest BCUT2D eigenvalue weighted by atomic mass is 79.9. The highest BCUT2D eigenvalue weighted by molar-refractivity contribution is 9.09. The Bertz CT molecular complexity index is 166. The fourth-order valence-electron chi connectivity index (χ4n) is 1.55. The minimum atomic E-state index is -4.10. The van der Waals surface area contributed by atoms with E-state index in [-0.39, 0.29) is 5.75 Å². The molecule has 0 bridgehead atoms. The van der Waals surface area contributed by atoms with Crippen molar-refractivity contribution in [3.63, 3.8) is 0 Å². The van der Waals surface area contributed by atoms with E-state index in [9.17, 15) is 13.2 Å². The van der Waals surface area contributed by atoms with Gasteiger partial charge in [0.25, 0.3) is 0 Å². The maximum atomic E-state index is 12.1. The van der Waals surface area contributed by atoms with E-state index in [0.29, 0.717) is 5.25 Å². The molecule has 0 aromatic carbocycles. The Balaban J connectivity index is 2.19. The summed E-state index contributed by atoms with van der Waals surface area (Å²) in [4.78, 5) is -1.35. The van der Waals surface area contributed by atoms with Crippen molar-refractivity contribution in [3.8, 4) is 0 Å². The Morgan fingerprint density at radius 2 is 1.79 bits per heavy atom. The summed E-state index contributed by atoms with van der Waals surface area (Å²) in [7, 11) is 0. The molecule has 0 N–H and O–H groups in total. The molecule has 1 fully saturated rings. The number of alkyl halides is 4. The molecule has 0 nitrogen and oxygen atoms in total. The van der Waals surface area contributed by atoms with Crippen LogP contribution in [0.3, 0.4) is 0 Å². The van der Waals surface area contributed by atoms with Gasteiger partial charge in [-0.1, -0.05) is 35.2 Å². The maximum Gasteiger partial charge on any atom is 0.402 e. The zero-order chi connectivity index (χ0) is 10.6. The molecular weight excluding hydrogens is 277 g/mol. The van der Waals surface area contributed by atoms with Crippen LogP contribution in [0.25, 0.3) is 0 Å². The third-order valence-corrected chi connectivity index (χ3v) is 5.13. The minimum absolute atomic E-state index is 0.147. The quantitative estimate of drug-likeness (QED) is 0.695. The minimum Gasteiger partial charge on any atom is -0.170 e. The molecule has 1 unspecified atom stereocenters. The van der Waals surface area contributed by atoms with Gasteiger partial charge in [-0.3, -0.25) is 0 Å². The van der Waals surface area contributed by atoms with Crippen molar-refractivity contribution >= 4 is 27.7 Å². The van der Waals surface area contributed by atoms with Crippen molar-refractivity contribution in [2.24, 2.45) is 0 Å². The second-order valence-electron chi connectivity index (χ2n) is 3.60. The summed E-state index contributed by atoms with van der Waals surface area (Å²) in [5.41, 5.74) is 0. The van der Waals surface area contributed by atoms with E-state index in [2.05, 4.69) is 15.9 Å². The van der Waals surface area contributed by atoms with E-state index in [0.717, 1.165) is 12.8 Å². The molecule has 1 saturated carbocycles. The Morgan fingerprint density at radius 3 is 2.29 bits per heavy atom. The Kier molecular flexibility index (Phi) is 5.11. The Labute approximate surface area is 95.1 Å². The van der Waals surface area contributed by atoms with E-state index in [1.54, 1.807) is 0 Å². The number of thioether (sulfide) groups is 1. The molecular formula is C9H14BrF3S. The van der Waals surface area contributed by atoms with Gasteiger partial charge in [0.15, 0.2) is 0 Å². The monoisotopic (exact) mass is 290 g/mol. The van der Waals surface area contributed by atoms with Gasteiger partial charge in [0.1, 0.15) is 4.83 Å². The average Bonchev–Trinajstić information content (AvgIpc) is 2.14. The van der Waals surface area contributed by atoms with Gasteiger partial charge < -0.3 is 0 Å². The standard InChI is InChI=1S/C9H14BrF3S/c10-8(9(11,12)13)6-14-7-4-2-1-3-5-7/h7-8H,1-6H2. The lowest BCUT2D eigenvalue weighted by Gasteiger charge is -2.22. The summed E-state index contributed by atoms with van der Waals surface area (Å²) in [5, 5.41) is 0.450. The number of hydrogen-bond acceptors (Lipinski definition) is 1. The topological polar surface area (TPSA) is 0 Å². The average molecular weight is 291 g/mol. The second kappa shape index (κ2) is 5.64. The maximum absolute atomic E-state index is 12.1. The summed E-state index contributed by atoms with van der Waals surface area (Å²) in [5.74, 6) is 0.147. The first-order valence-corrected chi connectivity index (χ1v) is 6.79.